The molecule has 5 nitrogen and oxygen atoms in total. The molecule has 0 N–H and O–H groups in total. The average Bonchev–Trinajstić information content (AvgIpc) is 3.71. The first-order valence-electron chi connectivity index (χ1n) is 14.0. The molecule has 1 fully saturated rings. The molecule has 2 unspecified atom stereocenters. The van der Waals surface area contributed by atoms with Gasteiger partial charge in [0.1, 0.15) is 17.1 Å². The van der Waals surface area contributed by atoms with Gasteiger partial charge in [0, 0.05) is 12.3 Å². The summed E-state index contributed by atoms with van der Waals surface area (Å²) < 4.78 is 11.9. The van der Waals surface area contributed by atoms with Crippen molar-refractivity contribution >= 4 is 9.76 Å². The smallest absolute Gasteiger partial charge is 0.310 e. The van der Waals surface area contributed by atoms with Crippen LogP contribution in [0.3, 0.4) is 0 Å². The second kappa shape index (κ2) is 15.9. The Kier molecular flexibility index (Phi) is 12.6. The summed E-state index contributed by atoms with van der Waals surface area (Å²) >= 11 is 0. The van der Waals surface area contributed by atoms with E-state index in [2.05, 4.69) is 36.0 Å². The number of pyridine rings is 1. The maximum atomic E-state index is 6.13. The predicted molar refractivity (Wildman–Crippen MR) is 145 cm³/mol. The van der Waals surface area contributed by atoms with Crippen LogP contribution >= 0.6 is 0 Å². The van der Waals surface area contributed by atoms with Crippen molar-refractivity contribution in [1.29, 1.82) is 0 Å². The van der Waals surface area contributed by atoms with E-state index in [1.807, 2.05) is 24.3 Å². The lowest BCUT2D eigenvalue weighted by Crippen LogP contribution is -2.09. The van der Waals surface area contributed by atoms with E-state index in [1.165, 1.54) is 70.6 Å². The third kappa shape index (κ3) is 10.7. The van der Waals surface area contributed by atoms with Gasteiger partial charge in [0.2, 0.25) is 5.88 Å². The van der Waals surface area contributed by atoms with Crippen molar-refractivity contribution in [3.05, 3.63) is 30.5 Å². The third-order valence-corrected chi connectivity index (χ3v) is 8.13. The highest BCUT2D eigenvalue weighted by molar-refractivity contribution is 6.28. The number of nitrogens with zero attached hydrogens (tertiary/aromatic N) is 3. The zero-order valence-electron chi connectivity index (χ0n) is 22.2. The van der Waals surface area contributed by atoms with Gasteiger partial charge in [-0.25, -0.2) is 0 Å². The molecule has 0 aromatic carbocycles. The Morgan fingerprint density at radius 2 is 1.74 bits per heavy atom. The molecule has 1 aliphatic carbocycles. The molecular weight excluding hydrogens is 450 g/mol. The number of ether oxygens (including phenoxy) is 1. The SMILES string of the molecule is CCCCC(C)C(C)CCC[Si]Oc1cccnc1-c1ccc(OCCCCCCC2CC2)nn1. The Balaban J connectivity index is 1.36. The minimum atomic E-state index is 0.431. The molecule has 1 saturated carbocycles. The highest BCUT2D eigenvalue weighted by atomic mass is 28.2. The Labute approximate surface area is 215 Å². The van der Waals surface area contributed by atoms with E-state index >= 15 is 0 Å². The molecule has 1 aliphatic rings. The molecule has 0 bridgehead atoms. The topological polar surface area (TPSA) is 57.1 Å². The summed E-state index contributed by atoms with van der Waals surface area (Å²) in [4.78, 5) is 4.51. The fourth-order valence-corrected chi connectivity index (χ4v) is 5.15. The molecule has 2 aromatic heterocycles. The summed E-state index contributed by atoms with van der Waals surface area (Å²) in [5, 5.41) is 8.62. The minimum absolute atomic E-state index is 0.431. The Morgan fingerprint density at radius 1 is 0.943 bits per heavy atom. The Morgan fingerprint density at radius 3 is 2.49 bits per heavy atom. The van der Waals surface area contributed by atoms with Crippen LogP contribution in [0.25, 0.3) is 11.4 Å². The lowest BCUT2D eigenvalue weighted by atomic mass is 9.88. The van der Waals surface area contributed by atoms with Crippen molar-refractivity contribution in [1.82, 2.24) is 15.2 Å². The number of unbranched alkanes of at least 4 members (excludes halogenated alkanes) is 4. The van der Waals surface area contributed by atoms with E-state index in [9.17, 15) is 0 Å². The normalized spacial score (nSPS) is 15.1. The molecular formula is C29H45N3O2Si. The molecule has 2 aromatic rings. The van der Waals surface area contributed by atoms with Gasteiger partial charge in [-0.05, 0) is 48.4 Å². The Hall–Kier alpha value is -1.95. The Bertz CT molecular complexity index is 829. The summed E-state index contributed by atoms with van der Waals surface area (Å²) in [5.41, 5.74) is 1.47. The van der Waals surface area contributed by atoms with Crippen molar-refractivity contribution in [3.8, 4) is 23.0 Å². The third-order valence-electron chi connectivity index (χ3n) is 7.21. The fraction of sp³-hybridized carbons (Fsp3) is 0.690. The number of hydrogen-bond acceptors (Lipinski definition) is 5. The van der Waals surface area contributed by atoms with E-state index in [4.69, 9.17) is 9.16 Å². The zero-order valence-corrected chi connectivity index (χ0v) is 23.2. The summed E-state index contributed by atoms with van der Waals surface area (Å²) in [6.45, 7) is 7.77. The lowest BCUT2D eigenvalue weighted by molar-refractivity contribution is 0.290. The van der Waals surface area contributed by atoms with Crippen LogP contribution in [0.5, 0.6) is 11.6 Å². The van der Waals surface area contributed by atoms with Crippen LogP contribution in [0.1, 0.15) is 97.8 Å². The van der Waals surface area contributed by atoms with Crippen LogP contribution in [-0.4, -0.2) is 31.6 Å². The van der Waals surface area contributed by atoms with Gasteiger partial charge in [-0.2, -0.15) is 0 Å². The summed E-state index contributed by atoms with van der Waals surface area (Å²) in [6.07, 6.45) is 17.6. The van der Waals surface area contributed by atoms with E-state index in [0.29, 0.717) is 22.2 Å². The largest absolute Gasteiger partial charge is 0.539 e. The predicted octanol–water partition coefficient (Wildman–Crippen LogP) is 7.94. The van der Waals surface area contributed by atoms with Crippen LogP contribution in [0, 0.1) is 17.8 Å². The molecule has 0 saturated heterocycles. The lowest BCUT2D eigenvalue weighted by Gasteiger charge is -2.19. The second-order valence-corrected chi connectivity index (χ2v) is 11.3. The van der Waals surface area contributed by atoms with Crippen LogP contribution < -0.4 is 9.16 Å². The molecule has 6 heteroatoms. The van der Waals surface area contributed by atoms with E-state index in [0.717, 1.165) is 47.4 Å². The quantitative estimate of drug-likeness (QED) is 0.146. The average molecular weight is 496 g/mol. The first-order chi connectivity index (χ1) is 17.2. The maximum Gasteiger partial charge on any atom is 0.310 e. The molecule has 0 amide bonds. The number of rotatable bonds is 19. The van der Waals surface area contributed by atoms with Crippen LogP contribution in [0.4, 0.5) is 0 Å². The van der Waals surface area contributed by atoms with Crippen molar-refractivity contribution < 1.29 is 9.16 Å². The van der Waals surface area contributed by atoms with Crippen molar-refractivity contribution in [2.45, 2.75) is 104 Å². The first kappa shape index (κ1) is 27.6. The fourth-order valence-electron chi connectivity index (χ4n) is 4.38. The highest BCUT2D eigenvalue weighted by Crippen LogP contribution is 2.34. The second-order valence-electron chi connectivity index (χ2n) is 10.3. The molecule has 2 atom stereocenters. The van der Waals surface area contributed by atoms with E-state index in [1.54, 1.807) is 6.20 Å². The summed E-state index contributed by atoms with van der Waals surface area (Å²) in [7, 11) is 0.431. The number of hydrogen-bond donors (Lipinski definition) is 0. The van der Waals surface area contributed by atoms with Gasteiger partial charge in [-0.3, -0.25) is 4.98 Å². The van der Waals surface area contributed by atoms with Gasteiger partial charge in [0.15, 0.2) is 0 Å². The van der Waals surface area contributed by atoms with Gasteiger partial charge >= 0.3 is 9.76 Å². The van der Waals surface area contributed by atoms with Crippen LogP contribution in [0.2, 0.25) is 6.04 Å². The van der Waals surface area contributed by atoms with Crippen molar-refractivity contribution in [2.24, 2.45) is 17.8 Å². The van der Waals surface area contributed by atoms with Gasteiger partial charge < -0.3 is 9.16 Å². The van der Waals surface area contributed by atoms with Gasteiger partial charge in [-0.1, -0.05) is 91.4 Å². The zero-order chi connectivity index (χ0) is 24.7. The molecule has 2 radical (unpaired) electrons. The highest BCUT2D eigenvalue weighted by Gasteiger charge is 2.19. The molecule has 2 heterocycles. The summed E-state index contributed by atoms with van der Waals surface area (Å²) in [6, 6.07) is 8.78. The van der Waals surface area contributed by atoms with Gasteiger partial charge in [0.25, 0.3) is 0 Å². The van der Waals surface area contributed by atoms with Crippen molar-refractivity contribution in [2.75, 3.05) is 6.61 Å². The van der Waals surface area contributed by atoms with Gasteiger partial charge in [0.05, 0.1) is 6.61 Å². The molecule has 0 spiro atoms. The molecule has 35 heavy (non-hydrogen) atoms. The van der Waals surface area contributed by atoms with Crippen LogP contribution in [0.15, 0.2) is 30.5 Å². The van der Waals surface area contributed by atoms with E-state index in [-0.39, 0.29) is 0 Å². The number of aromatic nitrogens is 3. The molecule has 0 aliphatic heterocycles. The van der Waals surface area contributed by atoms with Crippen LogP contribution in [-0.2, 0) is 0 Å². The first-order valence-corrected chi connectivity index (χ1v) is 15.1. The molecule has 192 valence electrons. The monoisotopic (exact) mass is 495 g/mol. The van der Waals surface area contributed by atoms with Gasteiger partial charge in [-0.15, -0.1) is 10.2 Å². The maximum absolute atomic E-state index is 6.13. The van der Waals surface area contributed by atoms with E-state index < -0.39 is 0 Å². The minimum Gasteiger partial charge on any atom is -0.539 e. The molecule has 3 rings (SSSR count). The summed E-state index contributed by atoms with van der Waals surface area (Å²) in [5.74, 6) is 4.00. The van der Waals surface area contributed by atoms with Crippen molar-refractivity contribution in [3.63, 3.8) is 0 Å². The standard InChI is InChI=1S/C29H45N3O2Si/c1-4-5-12-23(2)24(3)13-11-22-35-34-27-15-10-20-30-29(27)26-18-19-28(32-31-26)33-21-9-7-6-8-14-25-16-17-25/h10,15,18-20,23-25H,4-9,11-14,16-17,21-22H2,1-3H3.